The van der Waals surface area contributed by atoms with Crippen molar-refractivity contribution in [1.29, 1.82) is 0 Å². The lowest BCUT2D eigenvalue weighted by Gasteiger charge is -2.07. The number of hydrogen-bond donors (Lipinski definition) is 1. The summed E-state index contributed by atoms with van der Waals surface area (Å²) in [6.07, 6.45) is 0. The second-order valence-electron chi connectivity index (χ2n) is 5.35. The monoisotopic (exact) mass is 399 g/mol. The molecule has 8 heteroatoms. The normalized spacial score (nSPS) is 10.5. The van der Waals surface area contributed by atoms with E-state index < -0.39 is 0 Å². The Labute approximate surface area is 152 Å². The highest BCUT2D eigenvalue weighted by molar-refractivity contribution is 9.10. The number of carbonyl (C=O) groups is 2. The van der Waals surface area contributed by atoms with Gasteiger partial charge < -0.3 is 5.32 Å². The van der Waals surface area contributed by atoms with Gasteiger partial charge in [-0.2, -0.15) is 0 Å². The molecule has 1 N–H and O–H groups in total. The van der Waals surface area contributed by atoms with E-state index in [-0.39, 0.29) is 18.2 Å². The molecule has 2 aromatic carbocycles. The number of Topliss-reactive ketones (excluding diaryl/α,β-unsaturated/α-hetero) is 1. The number of amides is 1. The summed E-state index contributed by atoms with van der Waals surface area (Å²) >= 11 is 3.37. The Bertz CT molecular complexity index is 904. The third-order valence-electron chi connectivity index (χ3n) is 3.50. The molecule has 1 heterocycles. The van der Waals surface area contributed by atoms with Gasteiger partial charge in [0.1, 0.15) is 6.54 Å². The highest BCUT2D eigenvalue weighted by atomic mass is 79.9. The van der Waals surface area contributed by atoms with Crippen molar-refractivity contribution in [3.8, 4) is 11.4 Å². The lowest BCUT2D eigenvalue weighted by molar-refractivity contribution is -0.116. The number of nitrogens with one attached hydrogen (secondary N) is 1. The maximum atomic E-state index is 12.2. The molecule has 126 valence electrons. The molecule has 25 heavy (non-hydrogen) atoms. The zero-order valence-electron chi connectivity index (χ0n) is 13.3. The van der Waals surface area contributed by atoms with Gasteiger partial charge in [0.15, 0.2) is 11.6 Å². The van der Waals surface area contributed by atoms with Gasteiger partial charge in [-0.3, -0.25) is 9.59 Å². The van der Waals surface area contributed by atoms with E-state index in [4.69, 9.17) is 0 Å². The Kier molecular flexibility index (Phi) is 4.99. The van der Waals surface area contributed by atoms with E-state index in [1.54, 1.807) is 24.3 Å². The van der Waals surface area contributed by atoms with Crippen molar-refractivity contribution in [2.75, 3.05) is 5.32 Å². The van der Waals surface area contributed by atoms with E-state index >= 15 is 0 Å². The minimum absolute atomic E-state index is 0.0210. The number of anilines is 1. The summed E-state index contributed by atoms with van der Waals surface area (Å²) in [4.78, 5) is 23.5. The zero-order chi connectivity index (χ0) is 17.8. The lowest BCUT2D eigenvalue weighted by atomic mass is 10.1. The average molecular weight is 400 g/mol. The Hall–Kier alpha value is -2.87. The summed E-state index contributed by atoms with van der Waals surface area (Å²) in [6, 6.07) is 14.2. The molecule has 1 amide bonds. The quantitative estimate of drug-likeness (QED) is 0.666. The standard InChI is InChI=1S/C17H14BrN5O2/c1-11(24)12-4-8-15(9-5-12)19-16(25)10-23-17(20-21-22-23)13-2-6-14(18)7-3-13/h2-9H,10H2,1H3,(H,19,25). The Morgan fingerprint density at radius 3 is 2.40 bits per heavy atom. The molecule has 0 atom stereocenters. The average Bonchev–Trinajstić information content (AvgIpc) is 3.04. The first-order chi connectivity index (χ1) is 12.0. The molecular weight excluding hydrogens is 386 g/mol. The largest absolute Gasteiger partial charge is 0.324 e. The molecule has 0 fully saturated rings. The van der Waals surface area contributed by atoms with Gasteiger partial charge >= 0.3 is 0 Å². The van der Waals surface area contributed by atoms with Gasteiger partial charge in [-0.1, -0.05) is 28.1 Å². The highest BCUT2D eigenvalue weighted by Gasteiger charge is 2.12. The number of nitrogens with zero attached hydrogens (tertiary/aromatic N) is 4. The first-order valence-electron chi connectivity index (χ1n) is 7.46. The van der Waals surface area contributed by atoms with Crippen molar-refractivity contribution in [2.24, 2.45) is 0 Å². The molecule has 0 radical (unpaired) electrons. The summed E-state index contributed by atoms with van der Waals surface area (Å²) < 4.78 is 2.38. The summed E-state index contributed by atoms with van der Waals surface area (Å²) in [6.45, 7) is 1.47. The number of halogens is 1. The predicted molar refractivity (Wildman–Crippen MR) is 96.0 cm³/mol. The van der Waals surface area contributed by atoms with Crippen molar-refractivity contribution in [3.63, 3.8) is 0 Å². The fourth-order valence-electron chi connectivity index (χ4n) is 2.24. The van der Waals surface area contributed by atoms with Gasteiger partial charge in [0.05, 0.1) is 0 Å². The second kappa shape index (κ2) is 7.35. The Balaban J connectivity index is 1.70. The molecule has 0 bridgehead atoms. The van der Waals surface area contributed by atoms with Gasteiger partial charge in [-0.25, -0.2) is 4.68 Å². The van der Waals surface area contributed by atoms with Gasteiger partial charge in [-0.05, 0) is 53.7 Å². The molecular formula is C17H14BrN5O2. The van der Waals surface area contributed by atoms with E-state index in [1.165, 1.54) is 11.6 Å². The number of carbonyl (C=O) groups excluding carboxylic acids is 2. The van der Waals surface area contributed by atoms with Crippen LogP contribution >= 0.6 is 15.9 Å². The molecule has 0 unspecified atom stereocenters. The Morgan fingerprint density at radius 2 is 1.76 bits per heavy atom. The molecule has 0 aliphatic heterocycles. The fraction of sp³-hybridized carbons (Fsp3) is 0.118. The van der Waals surface area contributed by atoms with E-state index in [0.717, 1.165) is 10.0 Å². The molecule has 7 nitrogen and oxygen atoms in total. The zero-order valence-corrected chi connectivity index (χ0v) is 14.9. The van der Waals surface area contributed by atoms with Gasteiger partial charge in [0.2, 0.25) is 5.91 Å². The minimum atomic E-state index is -0.263. The third-order valence-corrected chi connectivity index (χ3v) is 4.03. The topological polar surface area (TPSA) is 89.8 Å². The molecule has 3 rings (SSSR count). The number of rotatable bonds is 5. The van der Waals surface area contributed by atoms with Crippen LogP contribution in [0.15, 0.2) is 53.0 Å². The van der Waals surface area contributed by atoms with Crippen molar-refractivity contribution in [1.82, 2.24) is 20.2 Å². The van der Waals surface area contributed by atoms with Crippen LogP contribution in [0.2, 0.25) is 0 Å². The highest BCUT2D eigenvalue weighted by Crippen LogP contribution is 2.19. The first-order valence-corrected chi connectivity index (χ1v) is 8.25. The molecule has 0 saturated heterocycles. The van der Waals surface area contributed by atoms with Crippen LogP contribution in [0.3, 0.4) is 0 Å². The van der Waals surface area contributed by atoms with Crippen molar-refractivity contribution in [3.05, 3.63) is 58.6 Å². The van der Waals surface area contributed by atoms with Crippen LogP contribution in [0.1, 0.15) is 17.3 Å². The van der Waals surface area contributed by atoms with Crippen LogP contribution in [0.25, 0.3) is 11.4 Å². The number of hydrogen-bond acceptors (Lipinski definition) is 5. The number of tetrazole rings is 1. The molecule has 3 aromatic rings. The summed E-state index contributed by atoms with van der Waals surface area (Å²) in [5.74, 6) is 0.224. The van der Waals surface area contributed by atoms with Crippen LogP contribution in [-0.4, -0.2) is 31.9 Å². The SMILES string of the molecule is CC(=O)c1ccc(NC(=O)Cn2nnnc2-c2ccc(Br)cc2)cc1. The maximum absolute atomic E-state index is 12.2. The van der Waals surface area contributed by atoms with Crippen LogP contribution in [0.4, 0.5) is 5.69 Å². The fourth-order valence-corrected chi connectivity index (χ4v) is 2.51. The predicted octanol–water partition coefficient (Wildman–Crippen LogP) is 2.94. The van der Waals surface area contributed by atoms with E-state index in [9.17, 15) is 9.59 Å². The summed E-state index contributed by atoms with van der Waals surface area (Å²) in [5, 5.41) is 14.3. The minimum Gasteiger partial charge on any atom is -0.324 e. The van der Waals surface area contributed by atoms with E-state index in [1.807, 2.05) is 24.3 Å². The van der Waals surface area contributed by atoms with Crippen molar-refractivity contribution < 1.29 is 9.59 Å². The van der Waals surface area contributed by atoms with Gasteiger partial charge in [0, 0.05) is 21.3 Å². The van der Waals surface area contributed by atoms with E-state index in [0.29, 0.717) is 17.1 Å². The van der Waals surface area contributed by atoms with Crippen LogP contribution in [-0.2, 0) is 11.3 Å². The lowest BCUT2D eigenvalue weighted by Crippen LogP contribution is -2.20. The summed E-state index contributed by atoms with van der Waals surface area (Å²) in [5.41, 5.74) is 2.01. The maximum Gasteiger partial charge on any atom is 0.246 e. The van der Waals surface area contributed by atoms with Crippen LogP contribution in [0, 0.1) is 0 Å². The van der Waals surface area contributed by atoms with Crippen molar-refractivity contribution >= 4 is 33.3 Å². The number of benzene rings is 2. The van der Waals surface area contributed by atoms with Crippen LogP contribution in [0.5, 0.6) is 0 Å². The molecule has 0 saturated carbocycles. The molecule has 0 aliphatic rings. The van der Waals surface area contributed by atoms with Gasteiger partial charge in [0.25, 0.3) is 0 Å². The second-order valence-corrected chi connectivity index (χ2v) is 6.26. The molecule has 0 spiro atoms. The van der Waals surface area contributed by atoms with Crippen LogP contribution < -0.4 is 5.32 Å². The van der Waals surface area contributed by atoms with Gasteiger partial charge in [-0.15, -0.1) is 5.10 Å². The summed E-state index contributed by atoms with van der Waals surface area (Å²) in [7, 11) is 0. The van der Waals surface area contributed by atoms with E-state index in [2.05, 4.69) is 36.8 Å². The van der Waals surface area contributed by atoms with Crippen molar-refractivity contribution in [2.45, 2.75) is 13.5 Å². The molecule has 0 aliphatic carbocycles. The first kappa shape index (κ1) is 17.0. The Morgan fingerprint density at radius 1 is 1.08 bits per heavy atom. The number of ketones is 1. The third kappa shape index (κ3) is 4.16. The molecule has 1 aromatic heterocycles. The smallest absolute Gasteiger partial charge is 0.246 e. The number of aromatic nitrogens is 4.